The lowest BCUT2D eigenvalue weighted by Gasteiger charge is -2.41. The van der Waals surface area contributed by atoms with E-state index in [4.69, 9.17) is 37.4 Å². The lowest BCUT2D eigenvalue weighted by molar-refractivity contribution is 0.0540. The highest BCUT2D eigenvalue weighted by Gasteiger charge is 2.31. The number of piperidine rings is 2. The molecule has 0 radical (unpaired) electrons. The average molecular weight is 573 g/mol. The van der Waals surface area contributed by atoms with E-state index in [1.165, 1.54) is 32.4 Å². The first kappa shape index (κ1) is 27.6. The van der Waals surface area contributed by atoms with Crippen LogP contribution in [0.25, 0.3) is 0 Å². The van der Waals surface area contributed by atoms with Crippen molar-refractivity contribution in [2.45, 2.75) is 42.7 Å². The molecule has 0 saturated carbocycles. The normalized spacial score (nSPS) is 17.9. The van der Waals surface area contributed by atoms with Crippen molar-refractivity contribution in [2.75, 3.05) is 40.4 Å². The molecule has 2 aliphatic rings. The van der Waals surface area contributed by atoms with Crippen LogP contribution in [0.5, 0.6) is 17.2 Å². The molecule has 9 nitrogen and oxygen atoms in total. The molecule has 2 fully saturated rings. The molecule has 2 aromatic carbocycles. The van der Waals surface area contributed by atoms with Crippen LogP contribution in [-0.2, 0) is 10.0 Å². The van der Waals surface area contributed by atoms with Gasteiger partial charge in [0.05, 0.1) is 29.2 Å². The van der Waals surface area contributed by atoms with E-state index in [9.17, 15) is 13.2 Å². The number of urea groups is 1. The first-order valence-corrected chi connectivity index (χ1v) is 14.3. The third kappa shape index (κ3) is 6.73. The fourth-order valence-corrected chi connectivity index (χ4v) is 6.03. The molecule has 2 amide bonds. The van der Waals surface area contributed by atoms with Gasteiger partial charge in [-0.2, -0.15) is 0 Å². The zero-order valence-corrected chi connectivity index (χ0v) is 23.1. The maximum absolute atomic E-state index is 12.8. The fraction of sp³-hybridized carbons (Fsp3) is 0.480. The lowest BCUT2D eigenvalue weighted by Crippen LogP contribution is -2.52. The number of hydrogen-bond acceptors (Lipinski definition) is 7. The molecule has 0 aromatic heterocycles. The summed E-state index contributed by atoms with van der Waals surface area (Å²) < 4.78 is 44.1. The van der Waals surface area contributed by atoms with Crippen LogP contribution in [0.4, 0.5) is 4.79 Å². The number of benzene rings is 2. The van der Waals surface area contributed by atoms with Crippen molar-refractivity contribution in [1.29, 1.82) is 0 Å². The van der Waals surface area contributed by atoms with Gasteiger partial charge in [-0.25, -0.2) is 17.9 Å². The van der Waals surface area contributed by atoms with Gasteiger partial charge in [0.2, 0.25) is 0 Å². The molecule has 2 aromatic rings. The minimum Gasteiger partial charge on any atom is -0.493 e. The molecule has 4 rings (SSSR count). The summed E-state index contributed by atoms with van der Waals surface area (Å²) in [6.45, 7) is 2.77. The molecule has 0 aliphatic carbocycles. The Hall–Kier alpha value is -2.40. The standard InChI is InChI=1S/C25H31Cl2N3O6S/c1-34-23-6-4-20(16-24(23)35-2)37(32,33)28-25(31)30-11-7-17(8-12-30)29-13-9-18(10-14-29)36-19-3-5-21(26)22(27)15-19/h3-6,15-18H,7-14H2,1-2H3,(H,28,31). The van der Waals surface area contributed by atoms with Gasteiger partial charge in [0.15, 0.2) is 11.5 Å². The highest BCUT2D eigenvalue weighted by atomic mass is 35.5. The summed E-state index contributed by atoms with van der Waals surface area (Å²) in [7, 11) is -1.17. The van der Waals surface area contributed by atoms with Gasteiger partial charge in [-0.15, -0.1) is 0 Å². The van der Waals surface area contributed by atoms with Crippen LogP contribution in [0.1, 0.15) is 25.7 Å². The molecule has 1 N–H and O–H groups in total. The Labute approximate surface area is 227 Å². The number of rotatable bonds is 7. The number of ether oxygens (including phenoxy) is 3. The summed E-state index contributed by atoms with van der Waals surface area (Å²) in [6.07, 6.45) is 3.46. The van der Waals surface area contributed by atoms with E-state index in [1.54, 1.807) is 17.0 Å². The molecule has 0 atom stereocenters. The molecule has 202 valence electrons. The second kappa shape index (κ2) is 12.0. The Bertz CT molecular complexity index is 1210. The predicted octanol–water partition coefficient (Wildman–Crippen LogP) is 4.42. The summed E-state index contributed by atoms with van der Waals surface area (Å²) in [5.41, 5.74) is 0. The van der Waals surface area contributed by atoms with E-state index in [0.29, 0.717) is 34.9 Å². The summed E-state index contributed by atoms with van der Waals surface area (Å²) in [5, 5.41) is 0.978. The second-order valence-corrected chi connectivity index (χ2v) is 11.6. The zero-order valence-electron chi connectivity index (χ0n) is 20.8. The number of nitrogens with one attached hydrogen (secondary N) is 1. The number of likely N-dealkylation sites (tertiary alicyclic amines) is 2. The van der Waals surface area contributed by atoms with E-state index >= 15 is 0 Å². The minimum atomic E-state index is -4.05. The largest absolute Gasteiger partial charge is 0.493 e. The predicted molar refractivity (Wildman–Crippen MR) is 142 cm³/mol. The molecule has 2 heterocycles. The average Bonchev–Trinajstić information content (AvgIpc) is 2.90. The SMILES string of the molecule is COc1ccc(S(=O)(=O)NC(=O)N2CCC(N3CCC(Oc4ccc(Cl)c(Cl)c4)CC3)CC2)cc1OC. The van der Waals surface area contributed by atoms with Crippen LogP contribution in [-0.4, -0.2) is 76.8 Å². The summed E-state index contributed by atoms with van der Waals surface area (Å²) in [4.78, 5) is 16.7. The number of carbonyl (C=O) groups excluding carboxylic acids is 1. The first-order chi connectivity index (χ1) is 17.7. The van der Waals surface area contributed by atoms with Crippen LogP contribution < -0.4 is 18.9 Å². The lowest BCUT2D eigenvalue weighted by atomic mass is 9.99. The van der Waals surface area contributed by atoms with E-state index in [1.807, 2.05) is 6.07 Å². The van der Waals surface area contributed by atoms with Crippen LogP contribution >= 0.6 is 23.2 Å². The van der Waals surface area contributed by atoms with Crippen molar-refractivity contribution in [2.24, 2.45) is 0 Å². The number of hydrogen-bond donors (Lipinski definition) is 1. The highest BCUT2D eigenvalue weighted by molar-refractivity contribution is 7.90. The Morgan fingerprint density at radius 1 is 0.892 bits per heavy atom. The minimum absolute atomic E-state index is 0.0700. The molecule has 0 spiro atoms. The monoisotopic (exact) mass is 571 g/mol. The van der Waals surface area contributed by atoms with Gasteiger partial charge in [0.1, 0.15) is 11.9 Å². The molecule has 37 heavy (non-hydrogen) atoms. The van der Waals surface area contributed by atoms with E-state index in [2.05, 4.69) is 9.62 Å². The third-order valence-corrected chi connectivity index (χ3v) is 8.88. The number of sulfonamides is 1. The van der Waals surface area contributed by atoms with E-state index < -0.39 is 16.1 Å². The number of methoxy groups -OCH3 is 2. The van der Waals surface area contributed by atoms with E-state index in [0.717, 1.165) is 44.5 Å². The number of amides is 2. The topological polar surface area (TPSA) is 97.4 Å². The van der Waals surface area contributed by atoms with E-state index in [-0.39, 0.29) is 16.7 Å². The Morgan fingerprint density at radius 3 is 2.19 bits per heavy atom. The van der Waals surface area contributed by atoms with Gasteiger partial charge >= 0.3 is 6.03 Å². The molecule has 0 unspecified atom stereocenters. The molecular weight excluding hydrogens is 541 g/mol. The maximum Gasteiger partial charge on any atom is 0.331 e. The Morgan fingerprint density at radius 2 is 1.57 bits per heavy atom. The van der Waals surface area contributed by atoms with Crippen molar-refractivity contribution in [1.82, 2.24) is 14.5 Å². The molecular formula is C25H31Cl2N3O6S. The zero-order chi connectivity index (χ0) is 26.6. The molecule has 2 aliphatic heterocycles. The smallest absolute Gasteiger partial charge is 0.331 e. The van der Waals surface area contributed by atoms with Crippen LogP contribution in [0.3, 0.4) is 0 Å². The van der Waals surface area contributed by atoms with Gasteiger partial charge in [0, 0.05) is 44.4 Å². The van der Waals surface area contributed by atoms with Crippen LogP contribution in [0, 0.1) is 0 Å². The number of nitrogens with zero attached hydrogens (tertiary/aromatic N) is 2. The van der Waals surface area contributed by atoms with Crippen molar-refractivity contribution < 1.29 is 27.4 Å². The second-order valence-electron chi connectivity index (χ2n) is 9.07. The highest BCUT2D eigenvalue weighted by Crippen LogP contribution is 2.30. The van der Waals surface area contributed by atoms with Crippen molar-refractivity contribution in [3.63, 3.8) is 0 Å². The van der Waals surface area contributed by atoms with Gasteiger partial charge in [-0.3, -0.25) is 4.90 Å². The summed E-state index contributed by atoms with van der Waals surface area (Å²) >= 11 is 12.1. The maximum atomic E-state index is 12.8. The molecule has 12 heteroatoms. The fourth-order valence-electron chi connectivity index (χ4n) is 4.76. The Balaban J connectivity index is 1.25. The molecule has 2 saturated heterocycles. The Kier molecular flexibility index (Phi) is 8.94. The van der Waals surface area contributed by atoms with Gasteiger partial charge in [-0.05, 0) is 49.9 Å². The number of halogens is 2. The van der Waals surface area contributed by atoms with Crippen molar-refractivity contribution >= 4 is 39.3 Å². The van der Waals surface area contributed by atoms with Gasteiger partial charge in [-0.1, -0.05) is 23.2 Å². The first-order valence-electron chi connectivity index (χ1n) is 12.1. The van der Waals surface area contributed by atoms with Crippen LogP contribution in [0.2, 0.25) is 10.0 Å². The summed E-state index contributed by atoms with van der Waals surface area (Å²) in [5.74, 6) is 1.39. The molecule has 0 bridgehead atoms. The number of carbonyl (C=O) groups is 1. The van der Waals surface area contributed by atoms with Gasteiger partial charge < -0.3 is 19.1 Å². The quantitative estimate of drug-likeness (QED) is 0.525. The third-order valence-electron chi connectivity index (χ3n) is 6.83. The van der Waals surface area contributed by atoms with Crippen molar-refractivity contribution in [3.8, 4) is 17.2 Å². The van der Waals surface area contributed by atoms with Crippen molar-refractivity contribution in [3.05, 3.63) is 46.4 Å². The van der Waals surface area contributed by atoms with Gasteiger partial charge in [0.25, 0.3) is 10.0 Å². The van der Waals surface area contributed by atoms with Crippen LogP contribution in [0.15, 0.2) is 41.3 Å². The summed E-state index contributed by atoms with van der Waals surface area (Å²) in [6, 6.07) is 9.21.